The Morgan fingerprint density at radius 1 is 1.13 bits per heavy atom. The van der Waals surface area contributed by atoms with Gasteiger partial charge in [0.05, 0.1) is 10.7 Å². The van der Waals surface area contributed by atoms with Gasteiger partial charge in [0.25, 0.3) is 0 Å². The highest BCUT2D eigenvalue weighted by atomic mass is 35.5. The molecule has 0 N–H and O–H groups in total. The fourth-order valence-electron chi connectivity index (χ4n) is 2.70. The summed E-state index contributed by atoms with van der Waals surface area (Å²) in [6.45, 7) is 1.59. The Bertz CT molecular complexity index is 683. The zero-order valence-electron chi connectivity index (χ0n) is 12.4. The molecule has 0 amide bonds. The van der Waals surface area contributed by atoms with Gasteiger partial charge in [-0.25, -0.2) is 4.98 Å². The first-order chi connectivity index (χ1) is 11.2. The van der Waals surface area contributed by atoms with E-state index in [1.54, 1.807) is 6.07 Å². The fraction of sp³-hybridized carbons (Fsp3) is 0.294. The highest BCUT2D eigenvalue weighted by Gasteiger charge is 2.23. The van der Waals surface area contributed by atoms with Crippen LogP contribution in [0.3, 0.4) is 0 Å². The molecule has 0 radical (unpaired) electrons. The Kier molecular flexibility index (Phi) is 5.03. The second-order valence-corrected chi connectivity index (χ2v) is 6.31. The maximum absolute atomic E-state index is 11.1. The summed E-state index contributed by atoms with van der Waals surface area (Å²) in [5.74, 6) is 0.825. The number of aldehydes is 1. The number of carbonyl (C=O) groups excluding carboxylic acids is 1. The molecule has 0 unspecified atom stereocenters. The topological polar surface area (TPSA) is 42.4 Å². The number of benzene rings is 1. The minimum Gasteiger partial charge on any atom is -0.490 e. The van der Waals surface area contributed by atoms with E-state index < -0.39 is 0 Å². The summed E-state index contributed by atoms with van der Waals surface area (Å²) in [6.07, 6.45) is 4.15. The average Bonchev–Trinajstić information content (AvgIpc) is 2.58. The van der Waals surface area contributed by atoms with Gasteiger partial charge >= 0.3 is 0 Å². The average molecular weight is 351 g/mol. The van der Waals surface area contributed by atoms with Crippen molar-refractivity contribution in [1.29, 1.82) is 0 Å². The minimum atomic E-state index is 0.152. The van der Waals surface area contributed by atoms with Crippen molar-refractivity contribution in [3.8, 4) is 5.75 Å². The van der Waals surface area contributed by atoms with Gasteiger partial charge in [-0.1, -0.05) is 23.2 Å². The number of carbonyl (C=O) groups is 1. The van der Waals surface area contributed by atoms with Gasteiger partial charge in [-0.3, -0.25) is 4.79 Å². The first-order valence-corrected chi connectivity index (χ1v) is 8.19. The third-order valence-corrected chi connectivity index (χ3v) is 4.33. The molecule has 1 aliphatic heterocycles. The number of pyridine rings is 1. The molecule has 0 atom stereocenters. The van der Waals surface area contributed by atoms with Crippen molar-refractivity contribution in [2.45, 2.75) is 18.9 Å². The minimum absolute atomic E-state index is 0.152. The lowest BCUT2D eigenvalue weighted by Gasteiger charge is -2.34. The molecule has 2 aromatic rings. The summed E-state index contributed by atoms with van der Waals surface area (Å²) in [7, 11) is 0. The molecule has 3 rings (SSSR count). The van der Waals surface area contributed by atoms with E-state index in [1.165, 1.54) is 6.20 Å². The normalized spacial score (nSPS) is 15.5. The highest BCUT2D eigenvalue weighted by molar-refractivity contribution is 6.31. The van der Waals surface area contributed by atoms with Gasteiger partial charge in [0, 0.05) is 37.2 Å². The van der Waals surface area contributed by atoms with Crippen molar-refractivity contribution >= 4 is 35.2 Å². The lowest BCUT2D eigenvalue weighted by Crippen LogP contribution is -2.38. The molecule has 2 heterocycles. The third kappa shape index (κ3) is 3.95. The van der Waals surface area contributed by atoms with Crippen LogP contribution in [-0.2, 0) is 0 Å². The molecular weight excluding hydrogens is 335 g/mol. The van der Waals surface area contributed by atoms with Crippen LogP contribution in [0.2, 0.25) is 10.0 Å². The smallest absolute Gasteiger partial charge is 0.170 e. The van der Waals surface area contributed by atoms with E-state index in [-0.39, 0.29) is 6.10 Å². The van der Waals surface area contributed by atoms with Crippen LogP contribution in [0.25, 0.3) is 0 Å². The summed E-state index contributed by atoms with van der Waals surface area (Å²) in [5, 5.41) is 1.23. The number of hydrogen-bond donors (Lipinski definition) is 0. The third-order valence-electron chi connectivity index (χ3n) is 3.87. The molecule has 4 nitrogen and oxygen atoms in total. The summed E-state index contributed by atoms with van der Waals surface area (Å²) in [5.41, 5.74) is 1.21. The van der Waals surface area contributed by atoms with Gasteiger partial charge in [0.15, 0.2) is 6.29 Å². The van der Waals surface area contributed by atoms with E-state index in [0.29, 0.717) is 15.7 Å². The standard InChI is InChI=1S/C17H16Cl2N2O2/c18-12-1-3-14(4-2-12)23-15-5-7-21(8-6-15)17-9-13(19)10-20-16(17)11-22/h1-4,9-11,15H,5-8H2. The van der Waals surface area contributed by atoms with E-state index in [2.05, 4.69) is 9.88 Å². The van der Waals surface area contributed by atoms with E-state index in [4.69, 9.17) is 27.9 Å². The molecule has 0 saturated carbocycles. The Morgan fingerprint density at radius 3 is 2.48 bits per heavy atom. The Labute approximate surface area is 145 Å². The summed E-state index contributed by atoms with van der Waals surface area (Å²) < 4.78 is 5.98. The number of hydrogen-bond acceptors (Lipinski definition) is 4. The lowest BCUT2D eigenvalue weighted by atomic mass is 10.1. The fourth-order valence-corrected chi connectivity index (χ4v) is 2.98. The number of piperidine rings is 1. The van der Waals surface area contributed by atoms with Crippen LogP contribution in [-0.4, -0.2) is 30.5 Å². The SMILES string of the molecule is O=Cc1ncc(Cl)cc1N1CCC(Oc2ccc(Cl)cc2)CC1. The molecule has 1 aliphatic rings. The Morgan fingerprint density at radius 2 is 1.83 bits per heavy atom. The van der Waals surface area contributed by atoms with Gasteiger partial charge in [-0.15, -0.1) is 0 Å². The maximum Gasteiger partial charge on any atom is 0.170 e. The lowest BCUT2D eigenvalue weighted by molar-refractivity contribution is 0.111. The van der Waals surface area contributed by atoms with E-state index in [9.17, 15) is 4.79 Å². The summed E-state index contributed by atoms with van der Waals surface area (Å²) in [6, 6.07) is 9.18. The van der Waals surface area contributed by atoms with Gasteiger partial charge in [-0.2, -0.15) is 0 Å². The predicted octanol–water partition coefficient (Wildman–Crippen LogP) is 4.25. The summed E-state index contributed by atoms with van der Waals surface area (Å²) in [4.78, 5) is 17.4. The van der Waals surface area contributed by atoms with Gasteiger partial charge in [0.2, 0.25) is 0 Å². The highest BCUT2D eigenvalue weighted by Crippen LogP contribution is 2.27. The van der Waals surface area contributed by atoms with E-state index >= 15 is 0 Å². The second kappa shape index (κ2) is 7.20. The maximum atomic E-state index is 11.1. The zero-order chi connectivity index (χ0) is 16.2. The van der Waals surface area contributed by atoms with Crippen LogP contribution in [0, 0.1) is 0 Å². The molecule has 1 fully saturated rings. The quantitative estimate of drug-likeness (QED) is 0.773. The van der Waals surface area contributed by atoms with Crippen molar-refractivity contribution in [2.75, 3.05) is 18.0 Å². The molecule has 120 valence electrons. The number of nitrogens with zero attached hydrogens (tertiary/aromatic N) is 2. The molecule has 0 spiro atoms. The number of halogens is 2. The van der Waals surface area contributed by atoms with Crippen molar-refractivity contribution in [3.63, 3.8) is 0 Å². The number of anilines is 1. The first kappa shape index (κ1) is 16.1. The van der Waals surface area contributed by atoms with Crippen LogP contribution >= 0.6 is 23.2 Å². The Balaban J connectivity index is 1.63. The van der Waals surface area contributed by atoms with E-state index in [1.807, 2.05) is 24.3 Å². The van der Waals surface area contributed by atoms with Crippen molar-refractivity contribution in [1.82, 2.24) is 4.98 Å². The molecule has 23 heavy (non-hydrogen) atoms. The van der Waals surface area contributed by atoms with E-state index in [0.717, 1.165) is 43.7 Å². The predicted molar refractivity (Wildman–Crippen MR) is 91.9 cm³/mol. The molecule has 1 aromatic carbocycles. The Hall–Kier alpha value is -1.78. The first-order valence-electron chi connectivity index (χ1n) is 7.43. The molecule has 1 aromatic heterocycles. The summed E-state index contributed by atoms with van der Waals surface area (Å²) >= 11 is 11.9. The van der Waals surface area contributed by atoms with Crippen molar-refractivity contribution in [2.24, 2.45) is 0 Å². The molecule has 6 heteroatoms. The van der Waals surface area contributed by atoms with Crippen molar-refractivity contribution in [3.05, 3.63) is 52.3 Å². The molecular formula is C17H16Cl2N2O2. The van der Waals surface area contributed by atoms with Crippen LogP contribution in [0.15, 0.2) is 36.5 Å². The molecule has 0 aliphatic carbocycles. The van der Waals surface area contributed by atoms with Crippen LogP contribution in [0.5, 0.6) is 5.75 Å². The van der Waals surface area contributed by atoms with Gasteiger partial charge < -0.3 is 9.64 Å². The number of ether oxygens (including phenoxy) is 1. The largest absolute Gasteiger partial charge is 0.490 e. The van der Waals surface area contributed by atoms with Crippen LogP contribution in [0.1, 0.15) is 23.3 Å². The van der Waals surface area contributed by atoms with Crippen LogP contribution < -0.4 is 9.64 Å². The van der Waals surface area contributed by atoms with Gasteiger partial charge in [0.1, 0.15) is 17.5 Å². The van der Waals surface area contributed by atoms with Crippen LogP contribution in [0.4, 0.5) is 5.69 Å². The van der Waals surface area contributed by atoms with Crippen molar-refractivity contribution < 1.29 is 9.53 Å². The number of rotatable bonds is 4. The zero-order valence-corrected chi connectivity index (χ0v) is 13.9. The molecule has 1 saturated heterocycles. The number of aromatic nitrogens is 1. The second-order valence-electron chi connectivity index (χ2n) is 5.43. The molecule has 0 bridgehead atoms. The monoisotopic (exact) mass is 350 g/mol. The van der Waals surface area contributed by atoms with Gasteiger partial charge in [-0.05, 0) is 30.3 Å².